The number of benzene rings is 1. The number of ether oxygens (including phenoxy) is 2. The number of sulfone groups is 1. The number of rotatable bonds is 2. The predicted molar refractivity (Wildman–Crippen MR) is 75.4 cm³/mol. The SMILES string of the molecule is CS(=O)(=O)c1cc2c(cc1C1CCCNC1)OCCO2. The minimum atomic E-state index is -3.28. The predicted octanol–water partition coefficient (Wildman–Crippen LogP) is 1.33. The molecule has 2 aliphatic heterocycles. The van der Waals surface area contributed by atoms with Crippen molar-refractivity contribution in [3.8, 4) is 11.5 Å². The number of hydrogen-bond acceptors (Lipinski definition) is 5. The lowest BCUT2D eigenvalue weighted by atomic mass is 9.91. The van der Waals surface area contributed by atoms with Gasteiger partial charge in [-0.3, -0.25) is 0 Å². The van der Waals surface area contributed by atoms with Gasteiger partial charge in [0.05, 0.1) is 4.90 Å². The van der Waals surface area contributed by atoms with Crippen LogP contribution in [0.5, 0.6) is 11.5 Å². The molecule has 3 rings (SSSR count). The molecule has 2 heterocycles. The van der Waals surface area contributed by atoms with Crippen molar-refractivity contribution < 1.29 is 17.9 Å². The molecular weight excluding hydrogens is 278 g/mol. The van der Waals surface area contributed by atoms with Crippen molar-refractivity contribution in [2.24, 2.45) is 0 Å². The lowest BCUT2D eigenvalue weighted by Gasteiger charge is -2.27. The molecule has 1 aromatic carbocycles. The van der Waals surface area contributed by atoms with Crippen LogP contribution in [0.1, 0.15) is 24.3 Å². The largest absolute Gasteiger partial charge is 0.486 e. The zero-order chi connectivity index (χ0) is 14.2. The van der Waals surface area contributed by atoms with E-state index in [1.165, 1.54) is 6.26 Å². The van der Waals surface area contributed by atoms with Gasteiger partial charge in [-0.05, 0) is 36.9 Å². The highest BCUT2D eigenvalue weighted by Crippen LogP contribution is 2.39. The lowest BCUT2D eigenvalue weighted by molar-refractivity contribution is 0.170. The molecule has 110 valence electrons. The Morgan fingerprint density at radius 3 is 2.50 bits per heavy atom. The van der Waals surface area contributed by atoms with E-state index in [0.717, 1.165) is 31.5 Å². The first-order chi connectivity index (χ1) is 9.55. The molecule has 6 heteroatoms. The second-order valence-electron chi connectivity index (χ2n) is 5.35. The van der Waals surface area contributed by atoms with E-state index >= 15 is 0 Å². The molecule has 0 bridgehead atoms. The van der Waals surface area contributed by atoms with Gasteiger partial charge in [0.2, 0.25) is 0 Å². The summed E-state index contributed by atoms with van der Waals surface area (Å²) >= 11 is 0. The highest BCUT2D eigenvalue weighted by Gasteiger charge is 2.26. The number of hydrogen-bond donors (Lipinski definition) is 1. The third kappa shape index (κ3) is 2.62. The molecule has 1 unspecified atom stereocenters. The van der Waals surface area contributed by atoms with Crippen LogP contribution in [0.4, 0.5) is 0 Å². The van der Waals surface area contributed by atoms with Crippen molar-refractivity contribution in [1.82, 2.24) is 5.32 Å². The van der Waals surface area contributed by atoms with E-state index < -0.39 is 9.84 Å². The molecule has 1 N–H and O–H groups in total. The molecule has 5 nitrogen and oxygen atoms in total. The second-order valence-corrected chi connectivity index (χ2v) is 7.33. The first kappa shape index (κ1) is 13.7. The van der Waals surface area contributed by atoms with Gasteiger partial charge in [0.15, 0.2) is 21.3 Å². The number of piperidine rings is 1. The van der Waals surface area contributed by atoms with Crippen LogP contribution in [0.3, 0.4) is 0 Å². The summed E-state index contributed by atoms with van der Waals surface area (Å²) in [5, 5.41) is 3.33. The molecule has 0 aliphatic carbocycles. The third-order valence-electron chi connectivity index (χ3n) is 3.81. The lowest BCUT2D eigenvalue weighted by Crippen LogP contribution is -2.29. The Morgan fingerprint density at radius 2 is 1.90 bits per heavy atom. The minimum absolute atomic E-state index is 0.212. The highest BCUT2D eigenvalue weighted by molar-refractivity contribution is 7.90. The zero-order valence-corrected chi connectivity index (χ0v) is 12.3. The first-order valence-corrected chi connectivity index (χ1v) is 8.79. The summed E-state index contributed by atoms with van der Waals surface area (Å²) in [5.74, 6) is 1.40. The molecule has 1 atom stereocenters. The molecule has 2 aliphatic rings. The van der Waals surface area contributed by atoms with Gasteiger partial charge in [-0.25, -0.2) is 8.42 Å². The fraction of sp³-hybridized carbons (Fsp3) is 0.571. The van der Waals surface area contributed by atoms with E-state index in [9.17, 15) is 8.42 Å². The molecule has 1 aromatic rings. The molecule has 20 heavy (non-hydrogen) atoms. The molecule has 1 fully saturated rings. The maximum atomic E-state index is 12.1. The molecule has 0 spiro atoms. The summed E-state index contributed by atoms with van der Waals surface area (Å²) in [6.45, 7) is 2.77. The van der Waals surface area contributed by atoms with E-state index in [4.69, 9.17) is 9.47 Å². The Kier molecular flexibility index (Phi) is 3.60. The smallest absolute Gasteiger partial charge is 0.175 e. The summed E-state index contributed by atoms with van der Waals surface area (Å²) < 4.78 is 35.2. The Morgan fingerprint density at radius 1 is 1.20 bits per heavy atom. The van der Waals surface area contributed by atoms with Crippen LogP contribution in [0, 0.1) is 0 Å². The first-order valence-electron chi connectivity index (χ1n) is 6.90. The van der Waals surface area contributed by atoms with E-state index in [-0.39, 0.29) is 5.92 Å². The van der Waals surface area contributed by atoms with Crippen molar-refractivity contribution in [2.45, 2.75) is 23.7 Å². The minimum Gasteiger partial charge on any atom is -0.486 e. The molecule has 0 radical (unpaired) electrons. The summed E-state index contributed by atoms with van der Waals surface area (Å²) in [6.07, 6.45) is 3.30. The maximum absolute atomic E-state index is 12.1. The third-order valence-corrected chi connectivity index (χ3v) is 4.96. The van der Waals surface area contributed by atoms with E-state index in [1.54, 1.807) is 6.07 Å². The quantitative estimate of drug-likeness (QED) is 0.892. The van der Waals surface area contributed by atoms with E-state index in [0.29, 0.717) is 29.6 Å². The Bertz CT molecular complexity index is 606. The van der Waals surface area contributed by atoms with Crippen molar-refractivity contribution in [3.05, 3.63) is 17.7 Å². The van der Waals surface area contributed by atoms with Crippen LogP contribution in [-0.2, 0) is 9.84 Å². The van der Waals surface area contributed by atoms with Crippen LogP contribution in [-0.4, -0.2) is 41.0 Å². The average molecular weight is 297 g/mol. The van der Waals surface area contributed by atoms with E-state index in [2.05, 4.69) is 5.32 Å². The molecular formula is C14H19NO4S. The van der Waals surface area contributed by atoms with Gasteiger partial charge in [0.1, 0.15) is 13.2 Å². The van der Waals surface area contributed by atoms with Crippen LogP contribution < -0.4 is 14.8 Å². The fourth-order valence-electron chi connectivity index (χ4n) is 2.84. The average Bonchev–Trinajstić information content (AvgIpc) is 2.46. The van der Waals surface area contributed by atoms with Gasteiger partial charge >= 0.3 is 0 Å². The Balaban J connectivity index is 2.09. The summed E-state index contributed by atoms with van der Waals surface area (Å²) in [4.78, 5) is 0.371. The second kappa shape index (κ2) is 5.26. The van der Waals surface area contributed by atoms with Crippen LogP contribution >= 0.6 is 0 Å². The standard InChI is InChI=1S/C14H19NO4S/c1-20(16,17)14-8-13-12(18-5-6-19-13)7-11(14)10-3-2-4-15-9-10/h7-8,10,15H,2-6,9H2,1H3. The van der Waals surface area contributed by atoms with Gasteiger partial charge in [-0.2, -0.15) is 0 Å². The molecule has 1 saturated heterocycles. The van der Waals surface area contributed by atoms with Crippen molar-refractivity contribution in [1.29, 1.82) is 0 Å². The van der Waals surface area contributed by atoms with Gasteiger partial charge in [0.25, 0.3) is 0 Å². The maximum Gasteiger partial charge on any atom is 0.175 e. The number of nitrogens with one attached hydrogen (secondary N) is 1. The number of fused-ring (bicyclic) bond motifs is 1. The Labute approximate surface area is 119 Å². The normalized spacial score (nSPS) is 22.6. The zero-order valence-electron chi connectivity index (χ0n) is 11.5. The van der Waals surface area contributed by atoms with Crippen molar-refractivity contribution >= 4 is 9.84 Å². The summed E-state index contributed by atoms with van der Waals surface area (Å²) in [5.41, 5.74) is 0.851. The summed E-state index contributed by atoms with van der Waals surface area (Å²) in [7, 11) is -3.28. The van der Waals surface area contributed by atoms with Crippen LogP contribution in [0.2, 0.25) is 0 Å². The Hall–Kier alpha value is -1.27. The van der Waals surface area contributed by atoms with Crippen molar-refractivity contribution in [2.75, 3.05) is 32.6 Å². The molecule has 0 saturated carbocycles. The van der Waals surface area contributed by atoms with Crippen molar-refractivity contribution in [3.63, 3.8) is 0 Å². The van der Waals surface area contributed by atoms with E-state index in [1.807, 2.05) is 6.07 Å². The topological polar surface area (TPSA) is 64.6 Å². The highest BCUT2D eigenvalue weighted by atomic mass is 32.2. The molecule has 0 amide bonds. The molecule has 0 aromatic heterocycles. The van der Waals surface area contributed by atoms with Gasteiger partial charge in [-0.15, -0.1) is 0 Å². The van der Waals surface area contributed by atoms with Crippen LogP contribution in [0.15, 0.2) is 17.0 Å². The summed E-state index contributed by atoms with van der Waals surface area (Å²) in [6, 6.07) is 3.47. The van der Waals surface area contributed by atoms with Crippen LogP contribution in [0.25, 0.3) is 0 Å². The van der Waals surface area contributed by atoms with Gasteiger partial charge in [0, 0.05) is 18.9 Å². The fourth-order valence-corrected chi connectivity index (χ4v) is 3.82. The monoisotopic (exact) mass is 297 g/mol. The van der Waals surface area contributed by atoms with Gasteiger partial charge in [-0.1, -0.05) is 0 Å². The van der Waals surface area contributed by atoms with Gasteiger partial charge < -0.3 is 14.8 Å².